The average Bonchev–Trinajstić information content (AvgIpc) is 3.56. The Morgan fingerprint density at radius 2 is 1.41 bits per heavy atom. The number of hydrogen-bond donors (Lipinski definition) is 0. The van der Waals surface area contributed by atoms with Crippen LogP contribution in [0, 0.1) is 0 Å². The van der Waals surface area contributed by atoms with Crippen molar-refractivity contribution in [3.8, 4) is 11.1 Å². The zero-order chi connectivity index (χ0) is 28.3. The molecule has 0 amide bonds. The summed E-state index contributed by atoms with van der Waals surface area (Å²) < 4.78 is 7.38. The molecule has 7 rings (SSSR count). The van der Waals surface area contributed by atoms with Gasteiger partial charge in [-0.25, -0.2) is 0 Å². The molecular weight excluding hydrogens is 565 g/mol. The standard InChI is InChI=1S/C36H27Cl2NOS/c1-36(2,3)24-13-16-34-28(19-24)31(21-41-34)39(25-14-15-33-27(20-25)26-11-7-8-12-32(26)40-33)30-18-23(17-29(37)35(30)38)22-9-5-4-6-10-22/h4-21H,1-3H3. The van der Waals surface area contributed by atoms with Crippen molar-refractivity contribution in [2.75, 3.05) is 4.90 Å². The molecule has 0 radical (unpaired) electrons. The van der Waals surface area contributed by atoms with E-state index in [1.54, 1.807) is 11.3 Å². The maximum Gasteiger partial charge on any atom is 0.135 e. The number of halogens is 2. The number of fused-ring (bicyclic) bond motifs is 4. The molecule has 0 aliphatic heterocycles. The Morgan fingerprint density at radius 3 is 2.22 bits per heavy atom. The van der Waals surface area contributed by atoms with Crippen LogP contribution in [-0.4, -0.2) is 0 Å². The maximum atomic E-state index is 7.07. The van der Waals surface area contributed by atoms with Gasteiger partial charge in [0.15, 0.2) is 0 Å². The van der Waals surface area contributed by atoms with Crippen LogP contribution in [0.3, 0.4) is 0 Å². The van der Waals surface area contributed by atoms with Crippen LogP contribution in [0.4, 0.5) is 17.1 Å². The first-order chi connectivity index (χ1) is 19.8. The molecule has 0 saturated carbocycles. The van der Waals surface area contributed by atoms with Crippen LogP contribution >= 0.6 is 34.5 Å². The minimum atomic E-state index is 0.0149. The van der Waals surface area contributed by atoms with E-state index in [9.17, 15) is 0 Å². The summed E-state index contributed by atoms with van der Waals surface area (Å²) in [5, 5.41) is 6.55. The zero-order valence-corrected chi connectivity index (χ0v) is 25.2. The molecule has 5 aromatic carbocycles. The van der Waals surface area contributed by atoms with Crippen molar-refractivity contribution < 1.29 is 4.42 Å². The number of furan rings is 1. The van der Waals surface area contributed by atoms with Gasteiger partial charge in [0, 0.05) is 31.9 Å². The molecule has 0 fully saturated rings. The second kappa shape index (κ2) is 9.95. The summed E-state index contributed by atoms with van der Waals surface area (Å²) in [5.74, 6) is 0. The van der Waals surface area contributed by atoms with Crippen LogP contribution in [0.1, 0.15) is 26.3 Å². The summed E-state index contributed by atoms with van der Waals surface area (Å²) in [7, 11) is 0. The van der Waals surface area contributed by atoms with Crippen LogP contribution in [0.25, 0.3) is 43.2 Å². The SMILES string of the molecule is CC(C)(C)c1ccc2scc(N(c3ccc4oc5ccccc5c4c3)c3cc(-c4ccccc4)cc(Cl)c3Cl)c2c1. The van der Waals surface area contributed by atoms with E-state index in [0.29, 0.717) is 10.0 Å². The summed E-state index contributed by atoms with van der Waals surface area (Å²) >= 11 is 15.7. The number of thiophene rings is 1. The highest BCUT2D eigenvalue weighted by molar-refractivity contribution is 7.17. The van der Waals surface area contributed by atoms with Crippen molar-refractivity contribution in [3.05, 3.63) is 124 Å². The van der Waals surface area contributed by atoms with Crippen LogP contribution in [-0.2, 0) is 5.41 Å². The highest BCUT2D eigenvalue weighted by atomic mass is 35.5. The Kier molecular flexibility index (Phi) is 6.35. The van der Waals surface area contributed by atoms with Gasteiger partial charge in [-0.2, -0.15) is 0 Å². The number of para-hydroxylation sites is 1. The number of rotatable bonds is 4. The molecule has 0 N–H and O–H groups in total. The van der Waals surface area contributed by atoms with Crippen LogP contribution in [0.2, 0.25) is 10.0 Å². The molecule has 0 aliphatic rings. The zero-order valence-electron chi connectivity index (χ0n) is 22.9. The molecule has 5 heteroatoms. The first-order valence-corrected chi connectivity index (χ1v) is 15.2. The van der Waals surface area contributed by atoms with Crippen molar-refractivity contribution in [1.29, 1.82) is 0 Å². The lowest BCUT2D eigenvalue weighted by atomic mass is 9.86. The third-order valence-corrected chi connectivity index (χ3v) is 9.38. The van der Waals surface area contributed by atoms with Crippen LogP contribution < -0.4 is 4.90 Å². The van der Waals surface area contributed by atoms with Crippen molar-refractivity contribution in [1.82, 2.24) is 0 Å². The smallest absolute Gasteiger partial charge is 0.135 e. The van der Waals surface area contributed by atoms with Gasteiger partial charge in [-0.1, -0.05) is 98.6 Å². The largest absolute Gasteiger partial charge is 0.456 e. The van der Waals surface area contributed by atoms with E-state index < -0.39 is 0 Å². The molecule has 7 aromatic rings. The average molecular weight is 593 g/mol. The molecule has 0 spiro atoms. The van der Waals surface area contributed by atoms with Gasteiger partial charge in [-0.05, 0) is 70.6 Å². The second-order valence-corrected chi connectivity index (χ2v) is 13.0. The van der Waals surface area contributed by atoms with E-state index in [-0.39, 0.29) is 5.41 Å². The summed E-state index contributed by atoms with van der Waals surface area (Å²) in [6.07, 6.45) is 0. The second-order valence-electron chi connectivity index (χ2n) is 11.4. The van der Waals surface area contributed by atoms with Crippen molar-refractivity contribution in [3.63, 3.8) is 0 Å². The number of hydrogen-bond acceptors (Lipinski definition) is 3. The summed E-state index contributed by atoms with van der Waals surface area (Å²) in [5.41, 5.74) is 7.96. The van der Waals surface area contributed by atoms with E-state index in [1.807, 2.05) is 48.5 Å². The summed E-state index contributed by atoms with van der Waals surface area (Å²) in [6, 6.07) is 35.6. The maximum absolute atomic E-state index is 7.07. The molecule has 0 aliphatic carbocycles. The summed E-state index contributed by atoms with van der Waals surface area (Å²) in [4.78, 5) is 2.24. The Bertz CT molecular complexity index is 2070. The van der Waals surface area contributed by atoms with E-state index in [1.165, 1.54) is 15.6 Å². The quantitative estimate of drug-likeness (QED) is 0.202. The van der Waals surface area contributed by atoms with E-state index in [2.05, 4.69) is 85.6 Å². The number of benzene rings is 5. The Balaban J connectivity index is 1.53. The van der Waals surface area contributed by atoms with Crippen molar-refractivity contribution >= 4 is 83.6 Å². The molecule has 2 nitrogen and oxygen atoms in total. The Morgan fingerprint density at radius 1 is 0.659 bits per heavy atom. The Labute approximate surface area is 253 Å². The molecule has 41 heavy (non-hydrogen) atoms. The normalized spacial score (nSPS) is 12.0. The topological polar surface area (TPSA) is 16.4 Å². The lowest BCUT2D eigenvalue weighted by Crippen LogP contribution is -2.12. The summed E-state index contributed by atoms with van der Waals surface area (Å²) in [6.45, 7) is 6.74. The number of anilines is 3. The minimum absolute atomic E-state index is 0.0149. The van der Waals surface area contributed by atoms with Gasteiger partial charge in [-0.3, -0.25) is 0 Å². The number of nitrogens with zero attached hydrogens (tertiary/aromatic N) is 1. The lowest BCUT2D eigenvalue weighted by molar-refractivity contribution is 0.591. The molecule has 202 valence electrons. The minimum Gasteiger partial charge on any atom is -0.456 e. The Hall–Kier alpha value is -3.76. The van der Waals surface area contributed by atoms with Crippen molar-refractivity contribution in [2.24, 2.45) is 0 Å². The van der Waals surface area contributed by atoms with E-state index >= 15 is 0 Å². The van der Waals surface area contributed by atoms with E-state index in [4.69, 9.17) is 27.6 Å². The van der Waals surface area contributed by atoms with Crippen molar-refractivity contribution in [2.45, 2.75) is 26.2 Å². The van der Waals surface area contributed by atoms with E-state index in [0.717, 1.165) is 50.1 Å². The fraction of sp³-hybridized carbons (Fsp3) is 0.111. The fourth-order valence-electron chi connectivity index (χ4n) is 5.45. The van der Waals surface area contributed by atoms with Gasteiger partial charge in [0.2, 0.25) is 0 Å². The van der Waals surface area contributed by atoms with Gasteiger partial charge < -0.3 is 9.32 Å². The molecule has 0 bridgehead atoms. The van der Waals surface area contributed by atoms with Crippen LogP contribution in [0.15, 0.2) is 113 Å². The molecule has 2 aromatic heterocycles. The third kappa shape index (κ3) is 4.59. The monoisotopic (exact) mass is 591 g/mol. The van der Waals surface area contributed by atoms with Gasteiger partial charge in [0.05, 0.1) is 21.4 Å². The van der Waals surface area contributed by atoms with Gasteiger partial charge in [0.25, 0.3) is 0 Å². The molecule has 0 saturated heterocycles. The van der Waals surface area contributed by atoms with Crippen LogP contribution in [0.5, 0.6) is 0 Å². The first kappa shape index (κ1) is 26.2. The lowest BCUT2D eigenvalue weighted by Gasteiger charge is -2.27. The predicted octanol–water partition coefficient (Wildman–Crippen LogP) is 12.5. The first-order valence-electron chi connectivity index (χ1n) is 13.6. The highest BCUT2D eigenvalue weighted by Crippen LogP contribution is 2.49. The van der Waals surface area contributed by atoms with Gasteiger partial charge in [0.1, 0.15) is 11.2 Å². The van der Waals surface area contributed by atoms with Gasteiger partial charge in [-0.15, -0.1) is 11.3 Å². The third-order valence-electron chi connectivity index (χ3n) is 7.64. The molecule has 0 atom stereocenters. The molecular formula is C36H27Cl2NOS. The molecule has 0 unspecified atom stereocenters. The fourth-order valence-corrected chi connectivity index (χ4v) is 6.77. The predicted molar refractivity (Wildman–Crippen MR) is 178 cm³/mol. The van der Waals surface area contributed by atoms with Gasteiger partial charge >= 0.3 is 0 Å². The molecule has 2 heterocycles. The highest BCUT2D eigenvalue weighted by Gasteiger charge is 2.24.